The number of allylic oxidation sites excluding steroid dienone is 4. The van der Waals surface area contributed by atoms with E-state index in [-0.39, 0.29) is 17.5 Å². The Hall–Kier alpha value is -3.09. The minimum atomic E-state index is -2.11. The molecule has 0 atom stereocenters. The predicted molar refractivity (Wildman–Crippen MR) is 174 cm³/mol. The van der Waals surface area contributed by atoms with E-state index in [9.17, 15) is 9.59 Å². The van der Waals surface area contributed by atoms with E-state index in [1.807, 2.05) is 13.8 Å². The van der Waals surface area contributed by atoms with Gasteiger partial charge in [-0.1, -0.05) is 13.8 Å². The summed E-state index contributed by atoms with van der Waals surface area (Å²) in [7, 11) is -2.11. The number of carbonyl (C=O) groups is 2. The fraction of sp³-hybridized carbons (Fsp3) is 0.351. The number of rotatable bonds is 15. The van der Waals surface area contributed by atoms with Crippen molar-refractivity contribution < 1.29 is 9.59 Å². The Labute approximate surface area is 242 Å². The van der Waals surface area contributed by atoms with Gasteiger partial charge < -0.3 is 0 Å². The Kier molecular flexibility index (Phi) is 11.2. The molecule has 0 amide bonds. The number of benzene rings is 3. The van der Waals surface area contributed by atoms with Crippen LogP contribution in [0.25, 0.3) is 0 Å². The maximum atomic E-state index is 12.6. The second-order valence-electron chi connectivity index (χ2n) is 11.5. The SMILES string of the molecule is CC(C)C1=CC(=O)C=C(CCCCCCCCCC[PH](c2ccccc2)(c2ccccc2)c2ccccc2)C1=O. The first-order valence-electron chi connectivity index (χ1n) is 15.2. The van der Waals surface area contributed by atoms with Crippen molar-refractivity contribution in [1.29, 1.82) is 0 Å². The van der Waals surface area contributed by atoms with Gasteiger partial charge >= 0.3 is 196 Å². The van der Waals surface area contributed by atoms with E-state index in [2.05, 4.69) is 91.0 Å². The molecule has 0 radical (unpaired) electrons. The smallest absolute Gasteiger partial charge is 0.289 e. The standard InChI is InChI=1S/C37H45O2P/c1-30(2)36-29-32(38)28-31(37(36)39)20-12-7-5-3-4-6-8-19-27-40(33-21-13-9-14-22-33,34-23-15-10-16-24-34)35-25-17-11-18-26-35/h9-11,13-18,21-26,28-30,40H,3-8,12,19-20,27H2,1-2H3. The molecule has 40 heavy (non-hydrogen) atoms. The van der Waals surface area contributed by atoms with Crippen molar-refractivity contribution in [2.45, 2.75) is 71.6 Å². The first-order valence-corrected chi connectivity index (χ1v) is 17.4. The van der Waals surface area contributed by atoms with Gasteiger partial charge in [0.1, 0.15) is 0 Å². The summed E-state index contributed by atoms with van der Waals surface area (Å²) in [6.07, 6.45) is 14.6. The van der Waals surface area contributed by atoms with E-state index < -0.39 is 7.26 Å². The Morgan fingerprint density at radius 2 is 0.975 bits per heavy atom. The third kappa shape index (κ3) is 7.55. The van der Waals surface area contributed by atoms with E-state index in [0.29, 0.717) is 11.1 Å². The van der Waals surface area contributed by atoms with Gasteiger partial charge in [0, 0.05) is 5.57 Å². The Morgan fingerprint density at radius 1 is 0.550 bits per heavy atom. The van der Waals surface area contributed by atoms with Crippen molar-refractivity contribution in [3.8, 4) is 0 Å². The molecule has 0 spiro atoms. The summed E-state index contributed by atoms with van der Waals surface area (Å²) in [4.78, 5) is 24.6. The van der Waals surface area contributed by atoms with Crippen molar-refractivity contribution in [3.63, 3.8) is 0 Å². The fourth-order valence-corrected chi connectivity index (χ4v) is 11.1. The first kappa shape index (κ1) is 29.9. The quantitative estimate of drug-likeness (QED) is 0.109. The summed E-state index contributed by atoms with van der Waals surface area (Å²) in [5, 5.41) is 4.49. The molecule has 3 heteroatoms. The maximum absolute atomic E-state index is 12.6. The van der Waals surface area contributed by atoms with Crippen LogP contribution in [-0.4, -0.2) is 17.7 Å². The van der Waals surface area contributed by atoms with Gasteiger partial charge in [-0.25, -0.2) is 0 Å². The molecule has 210 valence electrons. The molecule has 3 aromatic rings. The molecule has 0 saturated heterocycles. The van der Waals surface area contributed by atoms with Crippen LogP contribution in [-0.2, 0) is 9.59 Å². The van der Waals surface area contributed by atoms with Crippen LogP contribution in [0.5, 0.6) is 0 Å². The van der Waals surface area contributed by atoms with Gasteiger partial charge in [0.25, 0.3) is 0 Å². The van der Waals surface area contributed by atoms with Crippen LogP contribution >= 0.6 is 7.26 Å². The molecule has 0 unspecified atom stereocenters. The zero-order valence-electron chi connectivity index (χ0n) is 24.3. The van der Waals surface area contributed by atoms with E-state index in [4.69, 9.17) is 0 Å². The van der Waals surface area contributed by atoms with Crippen molar-refractivity contribution in [2.24, 2.45) is 5.92 Å². The Bertz CT molecular complexity index is 1190. The van der Waals surface area contributed by atoms with Crippen LogP contribution in [0.15, 0.2) is 114 Å². The van der Waals surface area contributed by atoms with E-state index in [1.54, 1.807) is 6.08 Å². The molecule has 2 nitrogen and oxygen atoms in total. The summed E-state index contributed by atoms with van der Waals surface area (Å²) < 4.78 is 0. The molecule has 0 aromatic heterocycles. The van der Waals surface area contributed by atoms with Crippen LogP contribution < -0.4 is 15.9 Å². The Morgan fingerprint density at radius 3 is 1.43 bits per heavy atom. The van der Waals surface area contributed by atoms with Gasteiger partial charge in [0.2, 0.25) is 0 Å². The van der Waals surface area contributed by atoms with Crippen LogP contribution in [0.4, 0.5) is 0 Å². The van der Waals surface area contributed by atoms with Gasteiger partial charge in [-0.05, 0) is 12.0 Å². The average Bonchev–Trinajstić information content (AvgIpc) is 2.99. The van der Waals surface area contributed by atoms with Crippen molar-refractivity contribution in [3.05, 3.63) is 114 Å². The van der Waals surface area contributed by atoms with E-state index in [0.717, 1.165) is 19.3 Å². The minimum absolute atomic E-state index is 0.0304. The number of hydrogen-bond acceptors (Lipinski definition) is 2. The van der Waals surface area contributed by atoms with Gasteiger partial charge in [0.05, 0.1) is 0 Å². The number of carbonyl (C=O) groups excluding carboxylic acids is 2. The van der Waals surface area contributed by atoms with Crippen LogP contribution in [0.1, 0.15) is 71.6 Å². The molecule has 0 N–H and O–H groups in total. The topological polar surface area (TPSA) is 34.1 Å². The molecule has 3 aromatic carbocycles. The predicted octanol–water partition coefficient (Wildman–Crippen LogP) is 7.88. The third-order valence-corrected chi connectivity index (χ3v) is 13.4. The van der Waals surface area contributed by atoms with Gasteiger partial charge in [-0.2, -0.15) is 0 Å². The van der Waals surface area contributed by atoms with E-state index >= 15 is 0 Å². The summed E-state index contributed by atoms with van der Waals surface area (Å²) in [5.41, 5.74) is 1.38. The average molecular weight is 553 g/mol. The molecular weight excluding hydrogens is 507 g/mol. The molecule has 4 rings (SSSR count). The van der Waals surface area contributed by atoms with Crippen LogP contribution in [0.3, 0.4) is 0 Å². The molecule has 0 fully saturated rings. The summed E-state index contributed by atoms with van der Waals surface area (Å²) in [6, 6.07) is 33.6. The molecule has 0 aliphatic heterocycles. The molecule has 0 saturated carbocycles. The van der Waals surface area contributed by atoms with Crippen molar-refractivity contribution >= 4 is 34.7 Å². The third-order valence-electron chi connectivity index (χ3n) is 8.34. The summed E-state index contributed by atoms with van der Waals surface area (Å²) >= 11 is 0. The van der Waals surface area contributed by atoms with Gasteiger partial charge in [-0.3, -0.25) is 9.59 Å². The normalized spacial score (nSPS) is 14.3. The summed E-state index contributed by atoms with van der Waals surface area (Å²) in [5.74, 6) is 0.147. The van der Waals surface area contributed by atoms with Crippen molar-refractivity contribution in [1.82, 2.24) is 0 Å². The van der Waals surface area contributed by atoms with Crippen molar-refractivity contribution in [2.75, 3.05) is 6.16 Å². The van der Waals surface area contributed by atoms with Gasteiger partial charge in [-0.15, -0.1) is 0 Å². The molecule has 1 aliphatic rings. The van der Waals surface area contributed by atoms with Gasteiger partial charge in [0.15, 0.2) is 5.78 Å². The second kappa shape index (κ2) is 15.1. The number of hydrogen-bond donors (Lipinski definition) is 0. The molecule has 0 heterocycles. The van der Waals surface area contributed by atoms with Crippen LogP contribution in [0, 0.1) is 5.92 Å². The number of ketones is 2. The fourth-order valence-electron chi connectivity index (χ4n) is 6.16. The van der Waals surface area contributed by atoms with Crippen LogP contribution in [0.2, 0.25) is 0 Å². The Balaban J connectivity index is 1.25. The molecular formula is C37H45O2P. The molecule has 1 aliphatic carbocycles. The zero-order chi connectivity index (χ0) is 28.2. The summed E-state index contributed by atoms with van der Waals surface area (Å²) in [6.45, 7) is 3.96. The molecule has 0 bridgehead atoms. The second-order valence-corrected chi connectivity index (χ2v) is 15.5. The zero-order valence-corrected chi connectivity index (χ0v) is 25.3. The minimum Gasteiger partial charge on any atom is -0.289 e. The van der Waals surface area contributed by atoms with E-state index in [1.165, 1.54) is 66.7 Å². The number of unbranched alkanes of at least 4 members (excludes halogenated alkanes) is 7. The monoisotopic (exact) mass is 552 g/mol. The first-order chi connectivity index (χ1) is 19.5. The number of Topliss-reactive ketones (excluding diaryl/α,β-unsaturated/α-hetero) is 1.